The van der Waals surface area contributed by atoms with Crippen molar-refractivity contribution in [1.29, 1.82) is 0 Å². The molecule has 1 nitrogen and oxygen atoms in total. The topological polar surface area (TPSA) is 17.1 Å². The Morgan fingerprint density at radius 2 is 1.61 bits per heavy atom. The number of rotatable bonds is 4. The van der Waals surface area contributed by atoms with Crippen LogP contribution in [0.15, 0.2) is 48.5 Å². The third-order valence-corrected chi connectivity index (χ3v) is 3.30. The second-order valence-corrected chi connectivity index (χ2v) is 4.66. The summed E-state index contributed by atoms with van der Waals surface area (Å²) < 4.78 is 0. The Kier molecular flexibility index (Phi) is 4.16. The van der Waals surface area contributed by atoms with Crippen LogP contribution in [0.25, 0.3) is 0 Å². The summed E-state index contributed by atoms with van der Waals surface area (Å²) >= 11 is 6.01. The van der Waals surface area contributed by atoms with E-state index in [9.17, 15) is 4.79 Å². The fourth-order valence-corrected chi connectivity index (χ4v) is 2.10. The zero-order valence-corrected chi connectivity index (χ0v) is 11.1. The Bertz CT molecular complexity index is 543. The number of Topliss-reactive ketones (excluding diaryl/α,β-unsaturated/α-hetero) is 1. The fraction of sp³-hybridized carbons (Fsp3) is 0.188. The number of hydrogen-bond donors (Lipinski definition) is 0. The molecule has 0 heterocycles. The molecule has 18 heavy (non-hydrogen) atoms. The van der Waals surface area contributed by atoms with Gasteiger partial charge in [-0.25, -0.2) is 0 Å². The molecule has 0 saturated heterocycles. The maximum Gasteiger partial charge on any atom is 0.168 e. The van der Waals surface area contributed by atoms with Crippen LogP contribution in [0.1, 0.15) is 28.4 Å². The molecule has 92 valence electrons. The largest absolute Gasteiger partial charge is 0.294 e. The van der Waals surface area contributed by atoms with Gasteiger partial charge < -0.3 is 0 Å². The quantitative estimate of drug-likeness (QED) is 0.746. The molecule has 0 aliphatic heterocycles. The second-order valence-electron chi connectivity index (χ2n) is 4.25. The number of ketones is 1. The van der Waals surface area contributed by atoms with Gasteiger partial charge in [0.25, 0.3) is 0 Å². The van der Waals surface area contributed by atoms with Crippen molar-refractivity contribution in [3.05, 3.63) is 70.2 Å². The summed E-state index contributed by atoms with van der Waals surface area (Å²) in [5, 5.41) is 0.521. The Balaban J connectivity index is 2.14. The van der Waals surface area contributed by atoms with Crippen LogP contribution in [0.5, 0.6) is 0 Å². The summed E-state index contributed by atoms with van der Waals surface area (Å²) in [7, 11) is 0. The molecule has 2 rings (SSSR count). The van der Waals surface area contributed by atoms with Crippen molar-refractivity contribution in [3.8, 4) is 0 Å². The van der Waals surface area contributed by atoms with Gasteiger partial charge in [0.05, 0.1) is 5.02 Å². The van der Waals surface area contributed by atoms with Crippen molar-refractivity contribution in [2.24, 2.45) is 0 Å². The summed E-state index contributed by atoms with van der Waals surface area (Å²) in [6.07, 6.45) is 1.41. The molecular weight excluding hydrogens is 244 g/mol. The average Bonchev–Trinajstić information content (AvgIpc) is 2.40. The predicted octanol–water partition coefficient (Wildman–Crippen LogP) is 4.33. The van der Waals surface area contributed by atoms with E-state index in [0.29, 0.717) is 17.0 Å². The highest BCUT2D eigenvalue weighted by atomic mass is 35.5. The maximum atomic E-state index is 12.1. The lowest BCUT2D eigenvalue weighted by molar-refractivity contribution is 0.0993. The van der Waals surface area contributed by atoms with Crippen molar-refractivity contribution in [2.75, 3.05) is 0 Å². The lowest BCUT2D eigenvalue weighted by atomic mass is 10.0. The van der Waals surface area contributed by atoms with E-state index in [0.717, 1.165) is 12.0 Å². The molecule has 0 saturated carbocycles. The summed E-state index contributed by atoms with van der Waals surface area (Å²) in [6.45, 7) is 2.11. The van der Waals surface area contributed by atoms with E-state index >= 15 is 0 Å². The molecule has 0 N–H and O–H groups in total. The van der Waals surface area contributed by atoms with Gasteiger partial charge in [-0.1, -0.05) is 54.9 Å². The first-order valence-electron chi connectivity index (χ1n) is 6.06. The number of carbonyl (C=O) groups is 1. The fourth-order valence-electron chi connectivity index (χ4n) is 1.86. The van der Waals surface area contributed by atoms with Crippen LogP contribution in [0.4, 0.5) is 0 Å². The van der Waals surface area contributed by atoms with Crippen LogP contribution < -0.4 is 0 Å². The van der Waals surface area contributed by atoms with E-state index in [2.05, 4.69) is 19.1 Å². The number of benzene rings is 2. The summed E-state index contributed by atoms with van der Waals surface area (Å²) in [5.41, 5.74) is 2.90. The molecule has 0 spiro atoms. The molecule has 0 aliphatic carbocycles. The minimum absolute atomic E-state index is 0.0600. The van der Waals surface area contributed by atoms with Crippen molar-refractivity contribution in [1.82, 2.24) is 0 Å². The van der Waals surface area contributed by atoms with Crippen molar-refractivity contribution in [2.45, 2.75) is 19.8 Å². The van der Waals surface area contributed by atoms with E-state index in [1.54, 1.807) is 12.1 Å². The van der Waals surface area contributed by atoms with Gasteiger partial charge in [-0.05, 0) is 29.7 Å². The van der Waals surface area contributed by atoms with Gasteiger partial charge in [0, 0.05) is 12.0 Å². The highest BCUT2D eigenvalue weighted by molar-refractivity contribution is 6.34. The van der Waals surface area contributed by atoms with Crippen molar-refractivity contribution >= 4 is 17.4 Å². The zero-order valence-electron chi connectivity index (χ0n) is 10.3. The smallest absolute Gasteiger partial charge is 0.168 e. The van der Waals surface area contributed by atoms with Crippen LogP contribution in [0.2, 0.25) is 5.02 Å². The van der Waals surface area contributed by atoms with Gasteiger partial charge in [0.15, 0.2) is 5.78 Å². The summed E-state index contributed by atoms with van der Waals surface area (Å²) in [5.74, 6) is 0.0600. The first kappa shape index (κ1) is 12.8. The second kappa shape index (κ2) is 5.83. The third-order valence-electron chi connectivity index (χ3n) is 2.97. The van der Waals surface area contributed by atoms with Gasteiger partial charge in [0.1, 0.15) is 0 Å². The summed E-state index contributed by atoms with van der Waals surface area (Å²) in [6, 6.07) is 15.3. The van der Waals surface area contributed by atoms with Gasteiger partial charge >= 0.3 is 0 Å². The molecule has 0 fully saturated rings. The Morgan fingerprint density at radius 3 is 2.22 bits per heavy atom. The molecule has 0 radical (unpaired) electrons. The average molecular weight is 259 g/mol. The standard InChI is InChI=1S/C16H15ClO/c1-2-12-7-9-13(10-8-12)11-16(18)14-5-3-4-6-15(14)17/h3-10H,2,11H2,1H3. The SMILES string of the molecule is CCc1ccc(CC(=O)c2ccccc2Cl)cc1. The molecule has 0 bridgehead atoms. The Labute approximate surface area is 112 Å². The molecule has 0 atom stereocenters. The maximum absolute atomic E-state index is 12.1. The lowest BCUT2D eigenvalue weighted by Crippen LogP contribution is -2.04. The summed E-state index contributed by atoms with van der Waals surface area (Å²) in [4.78, 5) is 12.1. The van der Waals surface area contributed by atoms with E-state index < -0.39 is 0 Å². The van der Waals surface area contributed by atoms with Gasteiger partial charge in [0.2, 0.25) is 0 Å². The van der Waals surface area contributed by atoms with Crippen LogP contribution in [0, 0.1) is 0 Å². The van der Waals surface area contributed by atoms with E-state index in [-0.39, 0.29) is 5.78 Å². The molecular formula is C16H15ClO. The van der Waals surface area contributed by atoms with Crippen LogP contribution >= 0.6 is 11.6 Å². The number of aryl methyl sites for hydroxylation is 1. The van der Waals surface area contributed by atoms with E-state index in [4.69, 9.17) is 11.6 Å². The predicted molar refractivity (Wildman–Crippen MR) is 75.3 cm³/mol. The minimum atomic E-state index is 0.0600. The van der Waals surface area contributed by atoms with Gasteiger partial charge in [-0.15, -0.1) is 0 Å². The number of hydrogen-bond acceptors (Lipinski definition) is 1. The third kappa shape index (κ3) is 2.99. The van der Waals surface area contributed by atoms with E-state index in [1.807, 2.05) is 24.3 Å². The molecule has 0 unspecified atom stereocenters. The molecule has 0 amide bonds. The highest BCUT2D eigenvalue weighted by Gasteiger charge is 2.10. The Hall–Kier alpha value is -1.60. The molecule has 2 aromatic carbocycles. The van der Waals surface area contributed by atoms with Gasteiger partial charge in [-0.3, -0.25) is 4.79 Å². The normalized spacial score (nSPS) is 10.3. The lowest BCUT2D eigenvalue weighted by Gasteiger charge is -2.04. The molecule has 2 heteroatoms. The first-order chi connectivity index (χ1) is 8.70. The number of carbonyl (C=O) groups excluding carboxylic acids is 1. The van der Waals surface area contributed by atoms with Crippen LogP contribution in [0.3, 0.4) is 0 Å². The molecule has 2 aromatic rings. The minimum Gasteiger partial charge on any atom is -0.294 e. The Morgan fingerprint density at radius 1 is 1.00 bits per heavy atom. The van der Waals surface area contributed by atoms with Crippen LogP contribution in [-0.2, 0) is 12.8 Å². The van der Waals surface area contributed by atoms with Crippen LogP contribution in [-0.4, -0.2) is 5.78 Å². The van der Waals surface area contributed by atoms with Gasteiger partial charge in [-0.2, -0.15) is 0 Å². The highest BCUT2D eigenvalue weighted by Crippen LogP contribution is 2.17. The monoisotopic (exact) mass is 258 g/mol. The first-order valence-corrected chi connectivity index (χ1v) is 6.44. The van der Waals surface area contributed by atoms with Crippen molar-refractivity contribution < 1.29 is 4.79 Å². The molecule has 0 aliphatic rings. The number of halogens is 1. The van der Waals surface area contributed by atoms with E-state index in [1.165, 1.54) is 5.56 Å². The molecule has 0 aromatic heterocycles. The zero-order chi connectivity index (χ0) is 13.0. The van der Waals surface area contributed by atoms with Crippen molar-refractivity contribution in [3.63, 3.8) is 0 Å².